The molecule has 0 aromatic carbocycles. The van der Waals surface area contributed by atoms with E-state index in [4.69, 9.17) is 5.11 Å². The minimum Gasteiger partial charge on any atom is -0.477 e. The Morgan fingerprint density at radius 3 is 2.88 bits per heavy atom. The van der Waals surface area contributed by atoms with E-state index in [-0.39, 0.29) is 18.1 Å². The molecule has 1 rings (SSSR count). The van der Waals surface area contributed by atoms with Gasteiger partial charge in [0.05, 0.1) is 18.6 Å². The van der Waals surface area contributed by atoms with E-state index < -0.39 is 5.97 Å². The Bertz CT molecular complexity index is 394. The molecule has 0 saturated heterocycles. The first kappa shape index (κ1) is 12.5. The SMILES string of the molecule is COC(=O)CCSc1cccc(C(=O)O)n1. The highest BCUT2D eigenvalue weighted by molar-refractivity contribution is 7.99. The van der Waals surface area contributed by atoms with Crippen LogP contribution in [-0.4, -0.2) is 34.9 Å². The fourth-order valence-corrected chi connectivity index (χ4v) is 1.77. The first-order valence-corrected chi connectivity index (χ1v) is 5.52. The summed E-state index contributed by atoms with van der Waals surface area (Å²) in [6.45, 7) is 0. The van der Waals surface area contributed by atoms with Gasteiger partial charge in [-0.1, -0.05) is 6.07 Å². The van der Waals surface area contributed by atoms with Gasteiger partial charge >= 0.3 is 11.9 Å². The molecule has 0 unspecified atom stereocenters. The molecule has 0 fully saturated rings. The largest absolute Gasteiger partial charge is 0.477 e. The van der Waals surface area contributed by atoms with Crippen LogP contribution in [0.25, 0.3) is 0 Å². The van der Waals surface area contributed by atoms with Crippen LogP contribution in [0.5, 0.6) is 0 Å². The first-order chi connectivity index (χ1) is 7.63. The summed E-state index contributed by atoms with van der Waals surface area (Å²) in [5, 5.41) is 9.30. The predicted molar refractivity (Wildman–Crippen MR) is 58.6 cm³/mol. The normalized spacial score (nSPS) is 9.81. The van der Waals surface area contributed by atoms with Gasteiger partial charge in [-0.15, -0.1) is 11.8 Å². The topological polar surface area (TPSA) is 76.5 Å². The lowest BCUT2D eigenvalue weighted by Gasteiger charge is -2.01. The van der Waals surface area contributed by atoms with Crippen LogP contribution in [-0.2, 0) is 9.53 Å². The van der Waals surface area contributed by atoms with Crippen LogP contribution >= 0.6 is 11.8 Å². The molecule has 1 heterocycles. The first-order valence-electron chi connectivity index (χ1n) is 4.53. The lowest BCUT2D eigenvalue weighted by atomic mass is 10.4. The molecule has 0 aliphatic heterocycles. The lowest BCUT2D eigenvalue weighted by molar-refractivity contribution is -0.140. The smallest absolute Gasteiger partial charge is 0.354 e. The summed E-state index contributed by atoms with van der Waals surface area (Å²) in [4.78, 5) is 25.4. The molecule has 0 atom stereocenters. The van der Waals surface area contributed by atoms with Crippen molar-refractivity contribution in [3.63, 3.8) is 0 Å². The number of nitrogens with zero attached hydrogens (tertiary/aromatic N) is 1. The van der Waals surface area contributed by atoms with Crippen molar-refractivity contribution in [1.82, 2.24) is 4.98 Å². The van der Waals surface area contributed by atoms with Crippen LogP contribution in [0.1, 0.15) is 16.9 Å². The van der Waals surface area contributed by atoms with E-state index in [0.717, 1.165) is 0 Å². The summed E-state index contributed by atoms with van der Waals surface area (Å²) in [6, 6.07) is 4.75. The molecule has 0 bridgehead atoms. The minimum absolute atomic E-state index is 0.00284. The standard InChI is InChI=1S/C10H11NO4S/c1-15-9(12)5-6-16-8-4-2-3-7(11-8)10(13)14/h2-4H,5-6H2,1H3,(H,13,14). The Kier molecular flexibility index (Phi) is 4.78. The second-order valence-corrected chi connectivity index (χ2v) is 3.96. The Labute approximate surface area is 96.8 Å². The van der Waals surface area contributed by atoms with Gasteiger partial charge in [-0.3, -0.25) is 4.79 Å². The highest BCUT2D eigenvalue weighted by Gasteiger charge is 2.06. The van der Waals surface area contributed by atoms with E-state index in [2.05, 4.69) is 9.72 Å². The zero-order valence-electron chi connectivity index (χ0n) is 8.67. The number of hydrogen-bond donors (Lipinski definition) is 1. The van der Waals surface area contributed by atoms with E-state index in [1.165, 1.54) is 24.9 Å². The summed E-state index contributed by atoms with van der Waals surface area (Å²) in [5.74, 6) is -0.833. The van der Waals surface area contributed by atoms with Crippen molar-refractivity contribution >= 4 is 23.7 Å². The van der Waals surface area contributed by atoms with Crippen molar-refractivity contribution in [2.45, 2.75) is 11.4 Å². The Hall–Kier alpha value is -1.56. The number of aromatic carboxylic acids is 1. The van der Waals surface area contributed by atoms with Crippen LogP contribution in [0.15, 0.2) is 23.2 Å². The molecule has 1 aromatic heterocycles. The number of carboxylic acids is 1. The third-order valence-corrected chi connectivity index (χ3v) is 2.66. The lowest BCUT2D eigenvalue weighted by Crippen LogP contribution is -2.02. The number of methoxy groups -OCH3 is 1. The molecule has 0 aliphatic rings. The monoisotopic (exact) mass is 241 g/mol. The molecule has 0 amide bonds. The summed E-state index contributed by atoms with van der Waals surface area (Å²) >= 11 is 1.32. The highest BCUT2D eigenvalue weighted by Crippen LogP contribution is 2.16. The Morgan fingerprint density at radius 1 is 1.50 bits per heavy atom. The van der Waals surface area contributed by atoms with Crippen molar-refractivity contribution in [3.8, 4) is 0 Å². The average molecular weight is 241 g/mol. The maximum atomic E-state index is 10.8. The van der Waals surface area contributed by atoms with Crippen LogP contribution in [0.2, 0.25) is 0 Å². The number of rotatable bonds is 5. The van der Waals surface area contributed by atoms with Crippen molar-refractivity contribution in [2.24, 2.45) is 0 Å². The second kappa shape index (κ2) is 6.12. The maximum Gasteiger partial charge on any atom is 0.354 e. The third kappa shape index (κ3) is 3.90. The van der Waals surface area contributed by atoms with E-state index in [1.54, 1.807) is 12.1 Å². The fourth-order valence-electron chi connectivity index (χ4n) is 0.955. The van der Waals surface area contributed by atoms with Gasteiger partial charge in [0.25, 0.3) is 0 Å². The molecule has 0 radical (unpaired) electrons. The summed E-state index contributed by atoms with van der Waals surface area (Å²) < 4.78 is 4.48. The number of carbonyl (C=O) groups excluding carboxylic acids is 1. The molecule has 86 valence electrons. The van der Waals surface area contributed by atoms with Gasteiger partial charge < -0.3 is 9.84 Å². The molecule has 16 heavy (non-hydrogen) atoms. The number of pyridine rings is 1. The molecule has 0 aliphatic carbocycles. The van der Waals surface area contributed by atoms with Crippen LogP contribution in [0, 0.1) is 0 Å². The zero-order valence-corrected chi connectivity index (χ0v) is 9.49. The maximum absolute atomic E-state index is 10.8. The third-order valence-electron chi connectivity index (χ3n) is 1.73. The molecule has 0 saturated carbocycles. The minimum atomic E-state index is -1.06. The number of ether oxygens (including phenoxy) is 1. The van der Waals surface area contributed by atoms with Crippen LogP contribution in [0.3, 0.4) is 0 Å². The van der Waals surface area contributed by atoms with Gasteiger partial charge in [0.1, 0.15) is 5.69 Å². The molecule has 1 N–H and O–H groups in total. The predicted octanol–water partition coefficient (Wildman–Crippen LogP) is 1.43. The zero-order chi connectivity index (χ0) is 12.0. The van der Waals surface area contributed by atoms with E-state index >= 15 is 0 Å². The Morgan fingerprint density at radius 2 is 2.25 bits per heavy atom. The summed E-state index contributed by atoms with van der Waals surface area (Å²) in [6.07, 6.45) is 0.278. The number of hydrogen-bond acceptors (Lipinski definition) is 5. The van der Waals surface area contributed by atoms with Crippen molar-refractivity contribution < 1.29 is 19.4 Å². The molecular formula is C10H11NO4S. The number of aromatic nitrogens is 1. The molecule has 1 aromatic rings. The summed E-state index contributed by atoms with van der Waals surface area (Å²) in [5.41, 5.74) is 0.00284. The fraction of sp³-hybridized carbons (Fsp3) is 0.300. The molecule has 5 nitrogen and oxygen atoms in total. The van der Waals surface area contributed by atoms with Gasteiger partial charge in [0.2, 0.25) is 0 Å². The molecule has 6 heteroatoms. The van der Waals surface area contributed by atoms with E-state index in [1.807, 2.05) is 0 Å². The van der Waals surface area contributed by atoms with E-state index in [0.29, 0.717) is 10.8 Å². The number of esters is 1. The Balaban J connectivity index is 2.51. The quantitative estimate of drug-likeness (QED) is 0.621. The average Bonchev–Trinajstić information content (AvgIpc) is 2.29. The summed E-state index contributed by atoms with van der Waals surface area (Å²) in [7, 11) is 1.33. The van der Waals surface area contributed by atoms with Crippen molar-refractivity contribution in [2.75, 3.05) is 12.9 Å². The van der Waals surface area contributed by atoms with Gasteiger partial charge in [-0.2, -0.15) is 0 Å². The molecular weight excluding hydrogens is 230 g/mol. The van der Waals surface area contributed by atoms with Crippen molar-refractivity contribution in [1.29, 1.82) is 0 Å². The van der Waals surface area contributed by atoms with Crippen molar-refractivity contribution in [3.05, 3.63) is 23.9 Å². The van der Waals surface area contributed by atoms with E-state index in [9.17, 15) is 9.59 Å². The molecule has 0 spiro atoms. The number of thioether (sulfide) groups is 1. The van der Waals surface area contributed by atoms with Gasteiger partial charge in [-0.05, 0) is 12.1 Å². The highest BCUT2D eigenvalue weighted by atomic mass is 32.2. The number of carbonyl (C=O) groups is 2. The van der Waals surface area contributed by atoms with Gasteiger partial charge in [-0.25, -0.2) is 9.78 Å². The van der Waals surface area contributed by atoms with Crippen LogP contribution in [0.4, 0.5) is 0 Å². The van der Waals surface area contributed by atoms with Gasteiger partial charge in [0.15, 0.2) is 0 Å². The second-order valence-electron chi connectivity index (χ2n) is 2.84. The van der Waals surface area contributed by atoms with Gasteiger partial charge in [0, 0.05) is 5.75 Å². The van der Waals surface area contributed by atoms with Crippen LogP contribution < -0.4 is 0 Å². The number of carboxylic acid groups (broad SMARTS) is 1.